The molecule has 11 heteroatoms. The van der Waals surface area contributed by atoms with E-state index in [1.807, 2.05) is 22.6 Å². The number of anilines is 1. The second kappa shape index (κ2) is 7.90. The molecule has 10 nitrogen and oxygen atoms in total. The molecule has 4 rings (SSSR count). The molecular weight excluding hydrogens is 422 g/mol. The van der Waals surface area contributed by atoms with Crippen LogP contribution in [0.25, 0.3) is 0 Å². The highest BCUT2D eigenvalue weighted by Gasteiger charge is 2.30. The molecule has 0 radical (unpaired) electrons. The van der Waals surface area contributed by atoms with Gasteiger partial charge in [0.05, 0.1) is 30.2 Å². The van der Waals surface area contributed by atoms with Crippen LogP contribution in [0.5, 0.6) is 0 Å². The van der Waals surface area contributed by atoms with Gasteiger partial charge < -0.3 is 19.0 Å². The first-order valence-electron chi connectivity index (χ1n) is 9.35. The number of carbonyl (C=O) groups is 1. The molecule has 0 saturated heterocycles. The van der Waals surface area contributed by atoms with Crippen molar-refractivity contribution in [2.24, 2.45) is 7.05 Å². The van der Waals surface area contributed by atoms with Gasteiger partial charge in [0.25, 0.3) is 10.0 Å². The molecule has 0 bridgehead atoms. The summed E-state index contributed by atoms with van der Waals surface area (Å²) in [5.41, 5.74) is 3.18. The van der Waals surface area contributed by atoms with Gasteiger partial charge in [0, 0.05) is 31.5 Å². The molecule has 0 spiro atoms. The number of furan rings is 1. The molecular formula is C20H19N5O5S. The zero-order valence-corrected chi connectivity index (χ0v) is 17.3. The van der Waals surface area contributed by atoms with Crippen LogP contribution in [0.15, 0.2) is 52.4 Å². The van der Waals surface area contributed by atoms with Crippen molar-refractivity contribution < 1.29 is 22.7 Å². The molecule has 31 heavy (non-hydrogen) atoms. The van der Waals surface area contributed by atoms with Gasteiger partial charge in [0.15, 0.2) is 0 Å². The van der Waals surface area contributed by atoms with Crippen LogP contribution in [-0.4, -0.2) is 41.6 Å². The largest absolute Gasteiger partial charge is 0.475 e. The van der Waals surface area contributed by atoms with Crippen LogP contribution in [0.3, 0.4) is 0 Å². The Balaban J connectivity index is 1.63. The Morgan fingerprint density at radius 2 is 2.19 bits per heavy atom. The summed E-state index contributed by atoms with van der Waals surface area (Å²) < 4.78 is 35.0. The zero-order valence-electron chi connectivity index (χ0n) is 16.5. The van der Waals surface area contributed by atoms with Crippen LogP contribution in [0, 0.1) is 11.3 Å². The quantitative estimate of drug-likeness (QED) is 0.586. The van der Waals surface area contributed by atoms with E-state index in [0.717, 1.165) is 29.1 Å². The van der Waals surface area contributed by atoms with Gasteiger partial charge in [-0.25, -0.2) is 22.9 Å². The van der Waals surface area contributed by atoms with Crippen LogP contribution in [0.4, 0.5) is 5.69 Å². The van der Waals surface area contributed by atoms with Crippen molar-refractivity contribution in [1.29, 1.82) is 5.26 Å². The lowest BCUT2D eigenvalue weighted by atomic mass is 9.96. The topological polar surface area (TPSA) is 141 Å². The maximum atomic E-state index is 12.8. The van der Waals surface area contributed by atoms with Gasteiger partial charge in [-0.15, -0.1) is 0 Å². The summed E-state index contributed by atoms with van der Waals surface area (Å²) in [6, 6.07) is 9.15. The summed E-state index contributed by atoms with van der Waals surface area (Å²) in [5.74, 6) is -1.80. The number of rotatable bonds is 6. The van der Waals surface area contributed by atoms with E-state index in [2.05, 4.69) is 15.8 Å². The third-order valence-corrected chi connectivity index (χ3v) is 6.50. The van der Waals surface area contributed by atoms with Gasteiger partial charge in [-0.3, -0.25) is 0 Å². The number of aryl methyl sites for hydroxylation is 1. The lowest BCUT2D eigenvalue weighted by Crippen LogP contribution is -2.48. The number of carboxylic acids is 1. The van der Waals surface area contributed by atoms with Crippen molar-refractivity contribution in [2.75, 3.05) is 11.4 Å². The zero-order chi connectivity index (χ0) is 22.2. The number of nitriles is 1. The van der Waals surface area contributed by atoms with Crippen molar-refractivity contribution in [3.05, 3.63) is 65.4 Å². The number of fused-ring (bicyclic) bond motifs is 1. The maximum Gasteiger partial charge on any atom is 0.371 e. The molecule has 1 unspecified atom stereocenters. The smallest absolute Gasteiger partial charge is 0.371 e. The highest BCUT2D eigenvalue weighted by Crippen LogP contribution is 2.30. The Bertz CT molecular complexity index is 1290. The second-order valence-corrected chi connectivity index (χ2v) is 8.92. The average molecular weight is 441 g/mol. The van der Waals surface area contributed by atoms with Crippen LogP contribution in [0.1, 0.15) is 27.4 Å². The molecule has 0 saturated carbocycles. The summed E-state index contributed by atoms with van der Waals surface area (Å²) >= 11 is 0. The third-order valence-electron chi connectivity index (χ3n) is 5.10. The molecule has 2 aromatic heterocycles. The van der Waals surface area contributed by atoms with Crippen LogP contribution >= 0.6 is 0 Å². The number of imidazole rings is 1. The maximum absolute atomic E-state index is 12.8. The van der Waals surface area contributed by atoms with E-state index in [1.165, 1.54) is 0 Å². The van der Waals surface area contributed by atoms with E-state index in [4.69, 9.17) is 9.52 Å². The number of benzene rings is 1. The summed E-state index contributed by atoms with van der Waals surface area (Å²) in [5, 5.41) is 17.8. The third kappa shape index (κ3) is 4.16. The first kappa shape index (κ1) is 20.6. The molecule has 3 aromatic rings. The lowest BCUT2D eigenvalue weighted by Gasteiger charge is -2.36. The first-order valence-corrected chi connectivity index (χ1v) is 10.8. The van der Waals surface area contributed by atoms with Crippen molar-refractivity contribution in [1.82, 2.24) is 14.3 Å². The van der Waals surface area contributed by atoms with Gasteiger partial charge >= 0.3 is 5.97 Å². The molecule has 0 fully saturated rings. The Labute approximate surface area is 178 Å². The van der Waals surface area contributed by atoms with E-state index >= 15 is 0 Å². The summed E-state index contributed by atoms with van der Waals surface area (Å²) in [6.45, 7) is 0.868. The molecule has 1 aliphatic heterocycles. The summed E-state index contributed by atoms with van der Waals surface area (Å²) in [7, 11) is -2.20. The van der Waals surface area contributed by atoms with Crippen LogP contribution in [-0.2, 0) is 30.0 Å². The second-order valence-electron chi connectivity index (χ2n) is 7.28. The fourth-order valence-corrected chi connectivity index (χ4v) is 4.80. The number of hydrogen-bond donors (Lipinski definition) is 2. The monoisotopic (exact) mass is 441 g/mol. The molecule has 1 aromatic carbocycles. The van der Waals surface area contributed by atoms with Crippen LogP contribution in [0.2, 0.25) is 0 Å². The number of hydrogen-bond acceptors (Lipinski definition) is 7. The number of sulfonamides is 1. The standard InChI is InChI=1S/C20H19N5O5S/c1-24-12-22-9-16(24)11-25-10-15(7-14-6-13(8-21)2-3-17(14)25)23-31(28,29)19-5-4-18(30-19)20(26)27/h2-6,9,12,15,23H,7,10-11H2,1H3,(H,26,27). The van der Waals surface area contributed by atoms with E-state index in [9.17, 15) is 18.5 Å². The van der Waals surface area contributed by atoms with Gasteiger partial charge in [0.2, 0.25) is 10.9 Å². The van der Waals surface area contributed by atoms with Crippen molar-refractivity contribution in [3.8, 4) is 6.07 Å². The SMILES string of the molecule is Cn1cncc1CN1CC(NS(=O)(=O)c2ccc(C(=O)O)o2)Cc2cc(C#N)ccc21. The number of carboxylic acid groups (broad SMARTS) is 1. The van der Waals surface area contributed by atoms with E-state index in [-0.39, 0.29) is 0 Å². The van der Waals surface area contributed by atoms with Gasteiger partial charge in [0.1, 0.15) is 0 Å². The van der Waals surface area contributed by atoms with E-state index in [1.54, 1.807) is 24.7 Å². The number of aromatic carboxylic acids is 1. The molecule has 1 atom stereocenters. The van der Waals surface area contributed by atoms with Gasteiger partial charge in [-0.2, -0.15) is 5.26 Å². The molecule has 1 aliphatic rings. The highest BCUT2D eigenvalue weighted by molar-refractivity contribution is 7.89. The van der Waals surface area contributed by atoms with Gasteiger partial charge in [-0.05, 0) is 42.3 Å². The fraction of sp³-hybridized carbons (Fsp3) is 0.250. The number of aromatic nitrogens is 2. The predicted octanol–water partition coefficient (Wildman–Crippen LogP) is 1.49. The lowest BCUT2D eigenvalue weighted by molar-refractivity contribution is 0.0656. The highest BCUT2D eigenvalue weighted by atomic mass is 32.2. The van der Waals surface area contributed by atoms with Crippen molar-refractivity contribution in [3.63, 3.8) is 0 Å². The molecule has 160 valence electrons. The van der Waals surface area contributed by atoms with E-state index in [0.29, 0.717) is 25.1 Å². The minimum Gasteiger partial charge on any atom is -0.475 e. The Kier molecular flexibility index (Phi) is 5.26. The molecule has 0 aliphatic carbocycles. The van der Waals surface area contributed by atoms with Crippen molar-refractivity contribution >= 4 is 21.7 Å². The minimum absolute atomic E-state index is 0.371. The normalized spacial score (nSPS) is 16.0. The van der Waals surface area contributed by atoms with Crippen LogP contribution < -0.4 is 9.62 Å². The Morgan fingerprint density at radius 3 is 2.84 bits per heavy atom. The van der Waals surface area contributed by atoms with Crippen molar-refractivity contribution in [2.45, 2.75) is 24.1 Å². The number of nitrogens with one attached hydrogen (secondary N) is 1. The summed E-state index contributed by atoms with van der Waals surface area (Å²) in [4.78, 5) is 17.2. The fourth-order valence-electron chi connectivity index (χ4n) is 3.64. The molecule has 2 N–H and O–H groups in total. The average Bonchev–Trinajstić information content (AvgIpc) is 3.37. The molecule has 0 amide bonds. The van der Waals surface area contributed by atoms with E-state index < -0.39 is 32.9 Å². The number of nitrogens with zero attached hydrogens (tertiary/aromatic N) is 4. The Hall–Kier alpha value is -3.62. The first-order chi connectivity index (χ1) is 14.8. The molecule has 3 heterocycles. The van der Waals surface area contributed by atoms with Gasteiger partial charge in [-0.1, -0.05) is 0 Å². The minimum atomic E-state index is -4.07. The summed E-state index contributed by atoms with van der Waals surface area (Å²) in [6.07, 6.45) is 3.81. The predicted molar refractivity (Wildman–Crippen MR) is 109 cm³/mol. The Morgan fingerprint density at radius 1 is 1.39 bits per heavy atom.